The smallest absolute Gasteiger partial charge is 0.338 e. The molecular formula is C25H23NO5. The lowest BCUT2D eigenvalue weighted by Gasteiger charge is -2.12. The van der Waals surface area contributed by atoms with Crippen LogP contribution in [0.3, 0.4) is 0 Å². The Morgan fingerprint density at radius 3 is 1.94 bits per heavy atom. The second-order valence-corrected chi connectivity index (χ2v) is 7.37. The van der Waals surface area contributed by atoms with Crippen LogP contribution in [0, 0.1) is 13.8 Å². The van der Waals surface area contributed by atoms with E-state index >= 15 is 0 Å². The van der Waals surface area contributed by atoms with Gasteiger partial charge in [0.2, 0.25) is 5.78 Å². The molecule has 1 atom stereocenters. The Bertz CT molecular complexity index is 1160. The van der Waals surface area contributed by atoms with Crippen LogP contribution in [0.5, 0.6) is 0 Å². The van der Waals surface area contributed by atoms with E-state index in [-0.39, 0.29) is 22.8 Å². The summed E-state index contributed by atoms with van der Waals surface area (Å²) in [6.45, 7) is 6.32. The van der Waals surface area contributed by atoms with Gasteiger partial charge in [-0.2, -0.15) is 0 Å². The van der Waals surface area contributed by atoms with Gasteiger partial charge in [-0.15, -0.1) is 0 Å². The van der Waals surface area contributed by atoms with E-state index in [2.05, 4.69) is 4.98 Å². The van der Waals surface area contributed by atoms with Crippen molar-refractivity contribution >= 4 is 23.3 Å². The second kappa shape index (κ2) is 8.92. The molecule has 0 aliphatic heterocycles. The number of rotatable bonds is 7. The van der Waals surface area contributed by atoms with Gasteiger partial charge < -0.3 is 9.72 Å². The molecule has 0 aliphatic rings. The molecule has 1 N–H and O–H groups in total. The van der Waals surface area contributed by atoms with Crippen molar-refractivity contribution in [1.82, 2.24) is 4.98 Å². The Morgan fingerprint density at radius 2 is 1.39 bits per heavy atom. The highest BCUT2D eigenvalue weighted by Crippen LogP contribution is 2.21. The quantitative estimate of drug-likeness (QED) is 0.451. The number of H-pyrrole nitrogens is 1. The second-order valence-electron chi connectivity index (χ2n) is 7.37. The number of hydrogen-bond acceptors (Lipinski definition) is 5. The van der Waals surface area contributed by atoms with Crippen molar-refractivity contribution in [3.8, 4) is 0 Å². The minimum Gasteiger partial charge on any atom is -0.451 e. The monoisotopic (exact) mass is 417 g/mol. The number of nitrogens with one attached hydrogen (secondary N) is 1. The molecule has 6 nitrogen and oxygen atoms in total. The molecule has 3 aromatic rings. The van der Waals surface area contributed by atoms with Gasteiger partial charge in [-0.05, 0) is 45.4 Å². The van der Waals surface area contributed by atoms with Crippen molar-refractivity contribution in [3.05, 3.63) is 93.8 Å². The number of aryl methyl sites for hydroxylation is 1. The van der Waals surface area contributed by atoms with Crippen LogP contribution in [-0.2, 0) is 4.74 Å². The zero-order valence-corrected chi connectivity index (χ0v) is 17.8. The third kappa shape index (κ3) is 4.53. The molecule has 1 heterocycles. The topological polar surface area (TPSA) is 93.3 Å². The fourth-order valence-corrected chi connectivity index (χ4v) is 3.52. The van der Waals surface area contributed by atoms with Crippen molar-refractivity contribution in [2.45, 2.75) is 33.8 Å². The maximum atomic E-state index is 12.8. The number of carbonyl (C=O) groups is 4. The van der Waals surface area contributed by atoms with Crippen LogP contribution in [0.2, 0.25) is 0 Å². The highest BCUT2D eigenvalue weighted by Gasteiger charge is 2.26. The van der Waals surface area contributed by atoms with E-state index in [1.165, 1.54) is 26.0 Å². The molecule has 0 spiro atoms. The average Bonchev–Trinajstić information content (AvgIpc) is 3.07. The molecule has 0 fully saturated rings. The predicted molar refractivity (Wildman–Crippen MR) is 116 cm³/mol. The summed E-state index contributed by atoms with van der Waals surface area (Å²) in [6, 6.07) is 14.9. The number of ether oxygens (including phenoxy) is 1. The number of esters is 1. The molecule has 3 rings (SSSR count). The first kappa shape index (κ1) is 21.9. The normalized spacial score (nSPS) is 11.6. The minimum atomic E-state index is -1.05. The fourth-order valence-electron chi connectivity index (χ4n) is 3.52. The van der Waals surface area contributed by atoms with E-state index in [0.29, 0.717) is 27.9 Å². The summed E-state index contributed by atoms with van der Waals surface area (Å²) in [5, 5.41) is 0. The van der Waals surface area contributed by atoms with E-state index in [9.17, 15) is 19.2 Å². The predicted octanol–water partition coefficient (Wildman–Crippen LogP) is 4.49. The Hall–Kier alpha value is -3.80. The maximum absolute atomic E-state index is 12.8. The number of aromatic nitrogens is 1. The molecule has 0 aliphatic carbocycles. The Balaban J connectivity index is 1.71. The summed E-state index contributed by atoms with van der Waals surface area (Å²) >= 11 is 0. The number of Topliss-reactive ketones (excluding diaryl/α,β-unsaturated/α-hetero) is 2. The van der Waals surface area contributed by atoms with E-state index in [1.807, 2.05) is 6.07 Å². The summed E-state index contributed by atoms with van der Waals surface area (Å²) in [4.78, 5) is 52.4. The van der Waals surface area contributed by atoms with Crippen LogP contribution >= 0.6 is 0 Å². The summed E-state index contributed by atoms with van der Waals surface area (Å²) in [6.07, 6.45) is -1.05. The molecule has 0 saturated heterocycles. The summed E-state index contributed by atoms with van der Waals surface area (Å²) in [5.74, 6) is -1.38. The van der Waals surface area contributed by atoms with E-state index in [1.54, 1.807) is 50.2 Å². The first-order valence-corrected chi connectivity index (χ1v) is 9.85. The Kier molecular flexibility index (Phi) is 6.30. The van der Waals surface area contributed by atoms with Gasteiger partial charge in [0.1, 0.15) is 0 Å². The lowest BCUT2D eigenvalue weighted by atomic mass is 10.0. The minimum absolute atomic E-state index is 0.139. The zero-order chi connectivity index (χ0) is 22.7. The molecule has 0 bridgehead atoms. The molecule has 1 aromatic heterocycles. The highest BCUT2D eigenvalue weighted by atomic mass is 16.5. The van der Waals surface area contributed by atoms with Crippen molar-refractivity contribution in [2.75, 3.05) is 0 Å². The van der Waals surface area contributed by atoms with Crippen molar-refractivity contribution in [1.29, 1.82) is 0 Å². The van der Waals surface area contributed by atoms with Crippen LogP contribution in [0.15, 0.2) is 54.6 Å². The summed E-state index contributed by atoms with van der Waals surface area (Å²) in [5.41, 5.74) is 3.10. The molecule has 0 radical (unpaired) electrons. The molecule has 0 amide bonds. The van der Waals surface area contributed by atoms with Gasteiger partial charge in [-0.3, -0.25) is 14.4 Å². The zero-order valence-electron chi connectivity index (χ0n) is 17.8. The number of benzene rings is 2. The largest absolute Gasteiger partial charge is 0.451 e. The lowest BCUT2D eigenvalue weighted by molar-refractivity contribution is 0.0317. The van der Waals surface area contributed by atoms with Crippen LogP contribution in [0.1, 0.15) is 72.2 Å². The highest BCUT2D eigenvalue weighted by molar-refractivity contribution is 6.09. The molecule has 6 heteroatoms. The fraction of sp³-hybridized carbons (Fsp3) is 0.200. The average molecular weight is 417 g/mol. The van der Waals surface area contributed by atoms with Gasteiger partial charge in [0.15, 0.2) is 17.7 Å². The molecule has 2 aromatic carbocycles. The van der Waals surface area contributed by atoms with Crippen LogP contribution < -0.4 is 0 Å². The van der Waals surface area contributed by atoms with Crippen molar-refractivity contribution in [2.24, 2.45) is 0 Å². The van der Waals surface area contributed by atoms with Gasteiger partial charge in [0.25, 0.3) is 0 Å². The van der Waals surface area contributed by atoms with Gasteiger partial charge >= 0.3 is 5.97 Å². The first-order chi connectivity index (χ1) is 14.7. The number of ketones is 3. The summed E-state index contributed by atoms with van der Waals surface area (Å²) in [7, 11) is 0. The van der Waals surface area contributed by atoms with Crippen molar-refractivity contribution in [3.63, 3.8) is 0 Å². The molecule has 31 heavy (non-hydrogen) atoms. The molecule has 0 saturated carbocycles. The standard InChI is InChI=1S/C25H23NO5/c1-14-21(16(3)27)15(2)26-22(14)23(28)17(4)31-25(30)20-12-10-19(11-13-20)24(29)18-8-6-5-7-9-18/h5-13,17,26H,1-4H3/t17-/m1/s1. The SMILES string of the molecule is CC(=O)c1c(C)[nH]c(C(=O)[C@@H](C)OC(=O)c2ccc(C(=O)c3ccccc3)cc2)c1C. The van der Waals surface area contributed by atoms with E-state index in [4.69, 9.17) is 4.74 Å². The van der Waals surface area contributed by atoms with E-state index < -0.39 is 17.9 Å². The maximum Gasteiger partial charge on any atom is 0.338 e. The molecule has 0 unspecified atom stereocenters. The van der Waals surface area contributed by atoms with Crippen LogP contribution in [-0.4, -0.2) is 34.4 Å². The van der Waals surface area contributed by atoms with Gasteiger partial charge in [-0.1, -0.05) is 42.5 Å². The van der Waals surface area contributed by atoms with E-state index in [0.717, 1.165) is 0 Å². The van der Waals surface area contributed by atoms with Gasteiger partial charge in [-0.25, -0.2) is 4.79 Å². The molecule has 158 valence electrons. The number of aromatic amines is 1. The Labute approximate surface area is 180 Å². The van der Waals surface area contributed by atoms with Crippen molar-refractivity contribution < 1.29 is 23.9 Å². The third-order valence-electron chi connectivity index (χ3n) is 5.11. The molecular weight excluding hydrogens is 394 g/mol. The number of carbonyl (C=O) groups excluding carboxylic acids is 4. The van der Waals surface area contributed by atoms with Gasteiger partial charge in [0.05, 0.1) is 11.3 Å². The lowest BCUT2D eigenvalue weighted by Crippen LogP contribution is -2.25. The summed E-state index contributed by atoms with van der Waals surface area (Å²) < 4.78 is 5.32. The van der Waals surface area contributed by atoms with Crippen LogP contribution in [0.4, 0.5) is 0 Å². The Morgan fingerprint density at radius 1 is 0.839 bits per heavy atom. The van der Waals surface area contributed by atoms with Crippen LogP contribution in [0.25, 0.3) is 0 Å². The third-order valence-corrected chi connectivity index (χ3v) is 5.11. The first-order valence-electron chi connectivity index (χ1n) is 9.85. The number of hydrogen-bond donors (Lipinski definition) is 1. The van der Waals surface area contributed by atoms with Gasteiger partial charge in [0, 0.05) is 22.4 Å².